The first kappa shape index (κ1) is 14.1. The fourth-order valence-electron chi connectivity index (χ4n) is 1.98. The summed E-state index contributed by atoms with van der Waals surface area (Å²) in [5.41, 5.74) is 6.15. The molecule has 4 N–H and O–H groups in total. The van der Waals surface area contributed by atoms with Gasteiger partial charge in [0.15, 0.2) is 5.13 Å². The number of anilines is 2. The molecule has 1 aliphatic rings. The maximum atomic E-state index is 12.1. The average molecular weight is 282 g/mol. The Morgan fingerprint density at radius 2 is 2.21 bits per heavy atom. The van der Waals surface area contributed by atoms with Gasteiger partial charge < -0.3 is 16.4 Å². The van der Waals surface area contributed by atoms with Gasteiger partial charge in [-0.25, -0.2) is 4.98 Å². The third kappa shape index (κ3) is 3.37. The Morgan fingerprint density at radius 3 is 2.79 bits per heavy atom. The van der Waals surface area contributed by atoms with Crippen LogP contribution >= 0.6 is 11.3 Å². The molecule has 0 atom stereocenters. The van der Waals surface area contributed by atoms with Crippen molar-refractivity contribution in [2.24, 2.45) is 5.41 Å². The molecule has 1 saturated carbocycles. The fourth-order valence-corrected chi connectivity index (χ4v) is 2.81. The number of nitrogens with two attached hydrogens (primary N) is 1. The molecule has 0 radical (unpaired) electrons. The first-order valence-corrected chi connectivity index (χ1v) is 7.70. The van der Waals surface area contributed by atoms with Crippen LogP contribution in [0.1, 0.15) is 49.2 Å². The van der Waals surface area contributed by atoms with E-state index < -0.39 is 0 Å². The lowest BCUT2D eigenvalue weighted by atomic mass is 10.0. The summed E-state index contributed by atoms with van der Waals surface area (Å²) in [6, 6.07) is 0. The molecule has 0 aromatic carbocycles. The monoisotopic (exact) mass is 282 g/mol. The van der Waals surface area contributed by atoms with Gasteiger partial charge in [-0.2, -0.15) is 0 Å². The van der Waals surface area contributed by atoms with E-state index in [0.717, 1.165) is 31.1 Å². The first-order chi connectivity index (χ1) is 9.10. The average Bonchev–Trinajstić information content (AvgIpc) is 3.10. The third-order valence-electron chi connectivity index (χ3n) is 3.72. The molecule has 1 heterocycles. The minimum Gasteiger partial charge on any atom is -0.382 e. The Kier molecular flexibility index (Phi) is 4.29. The van der Waals surface area contributed by atoms with Crippen LogP contribution in [0.25, 0.3) is 0 Å². The third-order valence-corrected chi connectivity index (χ3v) is 4.74. The number of nitrogens with one attached hydrogen (secondary N) is 2. The Morgan fingerprint density at radius 1 is 1.47 bits per heavy atom. The zero-order chi connectivity index (χ0) is 13.9. The van der Waals surface area contributed by atoms with Crippen LogP contribution in [0.5, 0.6) is 0 Å². The SMILES string of the molecule is CCCNc1nc(N)c(C(=O)NCC2(CC)CC2)s1. The second-order valence-electron chi connectivity index (χ2n) is 5.20. The van der Waals surface area contributed by atoms with Gasteiger partial charge in [0, 0.05) is 13.1 Å². The number of amides is 1. The van der Waals surface area contributed by atoms with Crippen molar-refractivity contribution in [3.05, 3.63) is 4.88 Å². The molecule has 0 spiro atoms. The van der Waals surface area contributed by atoms with Crippen molar-refractivity contribution in [2.45, 2.75) is 39.5 Å². The van der Waals surface area contributed by atoms with Crippen molar-refractivity contribution in [1.29, 1.82) is 0 Å². The second kappa shape index (κ2) is 5.77. The van der Waals surface area contributed by atoms with Gasteiger partial charge in [-0.05, 0) is 31.1 Å². The van der Waals surface area contributed by atoms with Gasteiger partial charge >= 0.3 is 0 Å². The number of carbonyl (C=O) groups excluding carboxylic acids is 1. The van der Waals surface area contributed by atoms with Gasteiger partial charge in [0.25, 0.3) is 5.91 Å². The summed E-state index contributed by atoms with van der Waals surface area (Å²) in [5, 5.41) is 6.86. The molecule has 1 fully saturated rings. The fraction of sp³-hybridized carbons (Fsp3) is 0.692. The maximum Gasteiger partial charge on any atom is 0.265 e. The number of hydrogen-bond donors (Lipinski definition) is 3. The zero-order valence-corrected chi connectivity index (χ0v) is 12.4. The highest BCUT2D eigenvalue weighted by atomic mass is 32.1. The Hall–Kier alpha value is -1.30. The van der Waals surface area contributed by atoms with E-state index in [2.05, 4.69) is 29.5 Å². The zero-order valence-electron chi connectivity index (χ0n) is 11.6. The molecule has 1 aromatic heterocycles. The molecule has 1 aromatic rings. The van der Waals surface area contributed by atoms with Crippen LogP contribution in [-0.2, 0) is 0 Å². The largest absolute Gasteiger partial charge is 0.382 e. The minimum atomic E-state index is -0.0979. The predicted molar refractivity (Wildman–Crippen MR) is 79.6 cm³/mol. The van der Waals surface area contributed by atoms with E-state index >= 15 is 0 Å². The van der Waals surface area contributed by atoms with Crippen molar-refractivity contribution in [1.82, 2.24) is 10.3 Å². The van der Waals surface area contributed by atoms with E-state index in [-0.39, 0.29) is 5.91 Å². The molecule has 0 bridgehead atoms. The molecule has 0 unspecified atom stereocenters. The van der Waals surface area contributed by atoms with Crippen LogP contribution in [0.4, 0.5) is 10.9 Å². The number of aromatic nitrogens is 1. The summed E-state index contributed by atoms with van der Waals surface area (Å²) < 4.78 is 0. The van der Waals surface area contributed by atoms with Crippen molar-refractivity contribution < 1.29 is 4.79 Å². The van der Waals surface area contributed by atoms with Crippen molar-refractivity contribution in [3.8, 4) is 0 Å². The van der Waals surface area contributed by atoms with Gasteiger partial charge in [0.2, 0.25) is 0 Å². The summed E-state index contributed by atoms with van der Waals surface area (Å²) in [6.45, 7) is 5.84. The molecule has 5 nitrogen and oxygen atoms in total. The lowest BCUT2D eigenvalue weighted by molar-refractivity contribution is 0.0949. The summed E-state index contributed by atoms with van der Waals surface area (Å²) in [7, 11) is 0. The molecule has 1 amide bonds. The highest BCUT2D eigenvalue weighted by Gasteiger charge is 2.40. The van der Waals surface area contributed by atoms with Gasteiger partial charge in [-0.15, -0.1) is 0 Å². The molecule has 0 aliphatic heterocycles. The van der Waals surface area contributed by atoms with E-state index in [9.17, 15) is 4.79 Å². The van der Waals surface area contributed by atoms with E-state index in [1.54, 1.807) is 0 Å². The van der Waals surface area contributed by atoms with Crippen LogP contribution in [0, 0.1) is 5.41 Å². The summed E-state index contributed by atoms with van der Waals surface area (Å²) >= 11 is 1.33. The second-order valence-corrected chi connectivity index (χ2v) is 6.20. The molecule has 2 rings (SSSR count). The van der Waals surface area contributed by atoms with Gasteiger partial charge in [-0.3, -0.25) is 4.79 Å². The summed E-state index contributed by atoms with van der Waals surface area (Å²) in [4.78, 5) is 16.8. The highest BCUT2D eigenvalue weighted by Crippen LogP contribution is 2.47. The van der Waals surface area contributed by atoms with Gasteiger partial charge in [0.1, 0.15) is 10.7 Å². The van der Waals surface area contributed by atoms with Gasteiger partial charge in [0.05, 0.1) is 0 Å². The van der Waals surface area contributed by atoms with Crippen LogP contribution in [0.15, 0.2) is 0 Å². The van der Waals surface area contributed by atoms with E-state index in [1.165, 1.54) is 24.2 Å². The molecule has 1 aliphatic carbocycles. The number of rotatable bonds is 7. The van der Waals surface area contributed by atoms with E-state index in [4.69, 9.17) is 5.73 Å². The quantitative estimate of drug-likeness (QED) is 0.717. The van der Waals surface area contributed by atoms with Crippen LogP contribution in [0.3, 0.4) is 0 Å². The number of thiazole rings is 1. The molecule has 19 heavy (non-hydrogen) atoms. The minimum absolute atomic E-state index is 0.0979. The smallest absolute Gasteiger partial charge is 0.265 e. The lowest BCUT2D eigenvalue weighted by Crippen LogP contribution is -2.29. The molecule has 0 saturated heterocycles. The number of nitrogen functional groups attached to an aromatic ring is 1. The Bertz CT molecular complexity index is 453. The number of carbonyl (C=O) groups is 1. The van der Waals surface area contributed by atoms with E-state index in [1.807, 2.05) is 0 Å². The van der Waals surface area contributed by atoms with Crippen molar-refractivity contribution in [3.63, 3.8) is 0 Å². The topological polar surface area (TPSA) is 80.0 Å². The van der Waals surface area contributed by atoms with Gasteiger partial charge in [-0.1, -0.05) is 25.2 Å². The first-order valence-electron chi connectivity index (χ1n) is 6.88. The summed E-state index contributed by atoms with van der Waals surface area (Å²) in [5.74, 6) is 0.224. The highest BCUT2D eigenvalue weighted by molar-refractivity contribution is 7.18. The number of hydrogen-bond acceptors (Lipinski definition) is 5. The Balaban J connectivity index is 1.93. The van der Waals surface area contributed by atoms with Crippen LogP contribution in [-0.4, -0.2) is 24.0 Å². The molecular formula is C13H22N4OS. The normalized spacial score (nSPS) is 16.1. The lowest BCUT2D eigenvalue weighted by Gasteiger charge is -2.12. The number of nitrogens with zero attached hydrogens (tertiary/aromatic N) is 1. The molecule has 6 heteroatoms. The standard InChI is InChI=1S/C13H22N4OS/c1-3-7-15-12-17-10(14)9(19-12)11(18)16-8-13(4-2)5-6-13/h3-8,14H2,1-2H3,(H,15,17)(H,16,18). The molecular weight excluding hydrogens is 260 g/mol. The van der Waals surface area contributed by atoms with Crippen LogP contribution in [0.2, 0.25) is 0 Å². The van der Waals surface area contributed by atoms with Crippen molar-refractivity contribution in [2.75, 3.05) is 24.1 Å². The van der Waals surface area contributed by atoms with E-state index in [0.29, 0.717) is 16.1 Å². The molecule has 106 valence electrons. The maximum absolute atomic E-state index is 12.1. The van der Waals surface area contributed by atoms with Crippen molar-refractivity contribution >= 4 is 28.2 Å². The predicted octanol–water partition coefficient (Wildman–Crippen LogP) is 2.47. The summed E-state index contributed by atoms with van der Waals surface area (Å²) in [6.07, 6.45) is 4.56. The Labute approximate surface area is 118 Å². The van der Waals surface area contributed by atoms with Crippen LogP contribution < -0.4 is 16.4 Å².